The molecule has 0 aliphatic heterocycles. The molecule has 1 aromatic heterocycles. The van der Waals surface area contributed by atoms with Crippen LogP contribution in [0.1, 0.15) is 57.4 Å². The van der Waals surface area contributed by atoms with Gasteiger partial charge in [-0.3, -0.25) is 4.79 Å². The maximum Gasteiger partial charge on any atom is 0.329 e. The van der Waals surface area contributed by atoms with Gasteiger partial charge in [0.15, 0.2) is 0 Å². The first-order valence-electron chi connectivity index (χ1n) is 12.9. The fourth-order valence-electron chi connectivity index (χ4n) is 5.35. The molecule has 1 aliphatic carbocycles. The summed E-state index contributed by atoms with van der Waals surface area (Å²) in [6, 6.07) is 20.4. The number of carboxylic acid groups (broad SMARTS) is 1. The van der Waals surface area contributed by atoms with Gasteiger partial charge >= 0.3 is 5.97 Å². The van der Waals surface area contributed by atoms with Gasteiger partial charge in [0.25, 0.3) is 0 Å². The van der Waals surface area contributed by atoms with Crippen molar-refractivity contribution in [3.8, 4) is 22.5 Å². The average Bonchev–Trinajstić information content (AvgIpc) is 3.64. The number of aromatic nitrogens is 4. The molecular weight excluding hydrogens is 466 g/mol. The van der Waals surface area contributed by atoms with Crippen LogP contribution in [-0.2, 0) is 16.1 Å². The molecule has 190 valence electrons. The minimum atomic E-state index is -1.10. The van der Waals surface area contributed by atoms with E-state index in [0.717, 1.165) is 58.7 Å². The van der Waals surface area contributed by atoms with E-state index in [1.54, 1.807) is 4.90 Å². The van der Waals surface area contributed by atoms with Gasteiger partial charge in [0, 0.05) is 18.5 Å². The van der Waals surface area contributed by atoms with Crippen LogP contribution >= 0.6 is 0 Å². The van der Waals surface area contributed by atoms with E-state index in [0.29, 0.717) is 31.6 Å². The normalized spacial score (nSPS) is 14.6. The third-order valence-corrected chi connectivity index (χ3v) is 7.46. The van der Waals surface area contributed by atoms with Gasteiger partial charge in [-0.05, 0) is 64.1 Å². The number of fused-ring (bicyclic) bond motifs is 1. The van der Waals surface area contributed by atoms with Gasteiger partial charge < -0.3 is 10.0 Å². The van der Waals surface area contributed by atoms with E-state index < -0.39 is 11.5 Å². The number of benzene rings is 3. The molecule has 0 atom stereocenters. The third-order valence-electron chi connectivity index (χ3n) is 7.46. The number of amides is 1. The number of aromatic amines is 1. The van der Waals surface area contributed by atoms with Crippen LogP contribution in [0.25, 0.3) is 33.3 Å². The molecule has 8 heteroatoms. The second kappa shape index (κ2) is 10.5. The summed E-state index contributed by atoms with van der Waals surface area (Å²) in [5, 5.41) is 26.4. The van der Waals surface area contributed by atoms with E-state index in [1.165, 1.54) is 0 Å². The molecule has 2 N–H and O–H groups in total. The first-order valence-corrected chi connectivity index (χ1v) is 12.9. The molecular formula is C29H31N5O3. The molecule has 0 bridgehead atoms. The number of nitrogens with one attached hydrogen (secondary N) is 1. The topological polar surface area (TPSA) is 112 Å². The Kier molecular flexibility index (Phi) is 6.99. The molecule has 3 aromatic carbocycles. The smallest absolute Gasteiger partial charge is 0.329 e. The maximum absolute atomic E-state index is 13.2. The van der Waals surface area contributed by atoms with Crippen molar-refractivity contribution in [2.24, 2.45) is 0 Å². The highest BCUT2D eigenvalue weighted by Gasteiger charge is 2.48. The fourth-order valence-corrected chi connectivity index (χ4v) is 5.35. The van der Waals surface area contributed by atoms with Crippen molar-refractivity contribution in [1.29, 1.82) is 0 Å². The number of carboxylic acids is 1. The minimum absolute atomic E-state index is 0.0640. The lowest BCUT2D eigenvalue weighted by molar-refractivity contribution is -0.160. The highest BCUT2D eigenvalue weighted by atomic mass is 16.4. The SMILES string of the molecule is CCCCC(=O)N(Cc1ccc2cc(-c3ccc(-c4nn[nH]n4)cc3)ccc2c1)C1(C(=O)O)CCCC1. The van der Waals surface area contributed by atoms with Crippen molar-refractivity contribution in [3.05, 3.63) is 66.2 Å². The van der Waals surface area contributed by atoms with Crippen LogP contribution in [0.5, 0.6) is 0 Å². The van der Waals surface area contributed by atoms with Crippen LogP contribution in [0.2, 0.25) is 0 Å². The number of hydrogen-bond donors (Lipinski definition) is 2. The number of carbonyl (C=O) groups is 2. The van der Waals surface area contributed by atoms with E-state index in [2.05, 4.69) is 51.0 Å². The molecule has 1 aliphatic rings. The molecule has 1 heterocycles. The largest absolute Gasteiger partial charge is 0.479 e. The standard InChI is InChI=1S/C29H31N5O3/c1-2-3-6-26(35)34(29(28(36)37)15-4-5-16-29)19-20-7-8-25-18-24(14-13-23(25)17-20)21-9-11-22(12-10-21)27-30-32-33-31-27/h7-14,17-18H,2-6,15-16,19H2,1H3,(H,36,37)(H,30,31,32,33). The summed E-state index contributed by atoms with van der Waals surface area (Å²) < 4.78 is 0. The Bertz CT molecular complexity index is 1390. The van der Waals surface area contributed by atoms with Gasteiger partial charge in [0.1, 0.15) is 5.54 Å². The molecule has 1 amide bonds. The lowest BCUT2D eigenvalue weighted by atomic mass is 9.93. The second-order valence-electron chi connectivity index (χ2n) is 9.84. The average molecular weight is 498 g/mol. The summed E-state index contributed by atoms with van der Waals surface area (Å²) in [7, 11) is 0. The summed E-state index contributed by atoms with van der Waals surface area (Å²) in [5.41, 5.74) is 2.91. The summed E-state index contributed by atoms with van der Waals surface area (Å²) in [4.78, 5) is 27.3. The van der Waals surface area contributed by atoms with Gasteiger partial charge in [0.2, 0.25) is 11.7 Å². The zero-order chi connectivity index (χ0) is 25.8. The highest BCUT2D eigenvalue weighted by Crippen LogP contribution is 2.38. The van der Waals surface area contributed by atoms with E-state index in [9.17, 15) is 14.7 Å². The molecule has 0 unspecified atom stereocenters. The van der Waals surface area contributed by atoms with Gasteiger partial charge in [0.05, 0.1) is 0 Å². The van der Waals surface area contributed by atoms with Gasteiger partial charge in [-0.2, -0.15) is 5.21 Å². The van der Waals surface area contributed by atoms with Crippen molar-refractivity contribution >= 4 is 22.6 Å². The molecule has 0 spiro atoms. The molecule has 5 rings (SSSR count). The number of carbonyl (C=O) groups excluding carboxylic acids is 1. The molecule has 1 saturated carbocycles. The predicted molar refractivity (Wildman–Crippen MR) is 141 cm³/mol. The number of tetrazole rings is 1. The van der Waals surface area contributed by atoms with Crippen molar-refractivity contribution in [3.63, 3.8) is 0 Å². The van der Waals surface area contributed by atoms with Gasteiger partial charge in [-0.1, -0.05) is 74.7 Å². The Balaban J connectivity index is 1.40. The quantitative estimate of drug-likeness (QED) is 0.311. The Morgan fingerprint density at radius 2 is 1.62 bits per heavy atom. The van der Waals surface area contributed by atoms with E-state index in [1.807, 2.05) is 37.3 Å². The Hall–Kier alpha value is -4.07. The van der Waals surface area contributed by atoms with Gasteiger partial charge in [-0.25, -0.2) is 4.79 Å². The van der Waals surface area contributed by atoms with E-state index in [4.69, 9.17) is 0 Å². The number of aliphatic carboxylic acids is 1. The highest BCUT2D eigenvalue weighted by molar-refractivity contribution is 5.89. The van der Waals surface area contributed by atoms with Crippen LogP contribution in [-0.4, -0.2) is 48.0 Å². The molecule has 0 radical (unpaired) electrons. The Morgan fingerprint density at radius 1 is 0.946 bits per heavy atom. The summed E-state index contributed by atoms with van der Waals surface area (Å²) in [6.45, 7) is 2.35. The molecule has 37 heavy (non-hydrogen) atoms. The zero-order valence-electron chi connectivity index (χ0n) is 21.0. The number of unbranched alkanes of at least 4 members (excludes halogenated alkanes) is 1. The second-order valence-corrected chi connectivity index (χ2v) is 9.84. The molecule has 1 fully saturated rings. The van der Waals surface area contributed by atoms with Crippen LogP contribution in [0.3, 0.4) is 0 Å². The monoisotopic (exact) mass is 497 g/mol. The molecule has 8 nitrogen and oxygen atoms in total. The van der Waals surface area contributed by atoms with Crippen molar-refractivity contribution < 1.29 is 14.7 Å². The third kappa shape index (κ3) is 4.96. The van der Waals surface area contributed by atoms with Crippen LogP contribution in [0.4, 0.5) is 0 Å². The van der Waals surface area contributed by atoms with Crippen molar-refractivity contribution in [2.75, 3.05) is 0 Å². The summed E-state index contributed by atoms with van der Waals surface area (Å²) >= 11 is 0. The first kappa shape index (κ1) is 24.6. The minimum Gasteiger partial charge on any atom is -0.479 e. The van der Waals surface area contributed by atoms with Gasteiger partial charge in [-0.15, -0.1) is 10.2 Å². The predicted octanol–water partition coefficient (Wildman–Crippen LogP) is 5.60. The first-order chi connectivity index (χ1) is 18.0. The lowest BCUT2D eigenvalue weighted by Gasteiger charge is -2.38. The van der Waals surface area contributed by atoms with Crippen LogP contribution < -0.4 is 0 Å². The number of hydrogen-bond acceptors (Lipinski definition) is 5. The van der Waals surface area contributed by atoms with E-state index >= 15 is 0 Å². The van der Waals surface area contributed by atoms with E-state index in [-0.39, 0.29) is 5.91 Å². The molecule has 0 saturated heterocycles. The Labute approximate surface area is 215 Å². The fraction of sp³-hybridized carbons (Fsp3) is 0.345. The van der Waals surface area contributed by atoms with Crippen molar-refractivity contribution in [1.82, 2.24) is 25.5 Å². The number of H-pyrrole nitrogens is 1. The van der Waals surface area contributed by atoms with Crippen molar-refractivity contribution in [2.45, 2.75) is 64.0 Å². The van der Waals surface area contributed by atoms with Crippen LogP contribution in [0.15, 0.2) is 60.7 Å². The number of nitrogens with zero attached hydrogens (tertiary/aromatic N) is 4. The summed E-state index contributed by atoms with van der Waals surface area (Å²) in [6.07, 6.45) is 4.75. The molecule has 4 aromatic rings. The number of rotatable bonds is 9. The van der Waals surface area contributed by atoms with Crippen LogP contribution in [0, 0.1) is 0 Å². The lowest BCUT2D eigenvalue weighted by Crippen LogP contribution is -2.55. The Morgan fingerprint density at radius 3 is 2.30 bits per heavy atom. The maximum atomic E-state index is 13.2. The zero-order valence-corrected chi connectivity index (χ0v) is 21.0. The summed E-state index contributed by atoms with van der Waals surface area (Å²) in [5.74, 6) is -0.390.